The Bertz CT molecular complexity index is 2780. The van der Waals surface area contributed by atoms with Gasteiger partial charge >= 0.3 is 0 Å². The fraction of sp³-hybridized carbons (Fsp3) is 0. The Kier molecular flexibility index (Phi) is 6.90. The molecule has 4 heteroatoms. The quantitative estimate of drug-likeness (QED) is 0.173. The van der Waals surface area contributed by atoms with E-state index in [2.05, 4.69) is 192 Å². The van der Waals surface area contributed by atoms with E-state index < -0.39 is 0 Å². The Labute approximate surface area is 298 Å². The third-order valence-electron chi connectivity index (χ3n) is 9.61. The topological polar surface area (TPSA) is 6.48 Å². The normalized spacial score (nSPS) is 11.6. The maximum absolute atomic E-state index is 2.44. The number of anilines is 6. The molecule has 0 aliphatic rings. The SMILES string of the molecule is c1ccc(N(c2ccccc2)c2cc3c4cccc(N(c5ccccc5)c5ccc6sc7ccccc7c6c5)c4sc3c3ccccc23)cc1. The summed E-state index contributed by atoms with van der Waals surface area (Å²) in [4.78, 5) is 4.83. The highest BCUT2D eigenvalue weighted by atomic mass is 32.1. The predicted molar refractivity (Wildman–Crippen MR) is 219 cm³/mol. The minimum Gasteiger partial charge on any atom is -0.310 e. The van der Waals surface area contributed by atoms with Crippen LogP contribution in [-0.4, -0.2) is 0 Å². The number of hydrogen-bond donors (Lipinski definition) is 0. The molecule has 0 saturated heterocycles. The lowest BCUT2D eigenvalue weighted by Gasteiger charge is -2.27. The smallest absolute Gasteiger partial charge is 0.0640 e. The first-order chi connectivity index (χ1) is 24.8. The van der Waals surface area contributed by atoms with Gasteiger partial charge in [-0.2, -0.15) is 0 Å². The largest absolute Gasteiger partial charge is 0.310 e. The third kappa shape index (κ3) is 4.68. The average molecular weight is 675 g/mol. The van der Waals surface area contributed by atoms with Crippen LogP contribution in [0.15, 0.2) is 182 Å². The van der Waals surface area contributed by atoms with Crippen molar-refractivity contribution in [2.24, 2.45) is 0 Å². The summed E-state index contributed by atoms with van der Waals surface area (Å²) in [5.41, 5.74) is 6.92. The van der Waals surface area contributed by atoms with Crippen molar-refractivity contribution < 1.29 is 0 Å². The Morgan fingerprint density at radius 3 is 1.48 bits per heavy atom. The van der Waals surface area contributed by atoms with Gasteiger partial charge in [-0.05, 0) is 72.8 Å². The van der Waals surface area contributed by atoms with Gasteiger partial charge < -0.3 is 9.80 Å². The summed E-state index contributed by atoms with van der Waals surface area (Å²) in [5.74, 6) is 0. The van der Waals surface area contributed by atoms with Gasteiger partial charge in [-0.15, -0.1) is 22.7 Å². The molecule has 0 amide bonds. The zero-order valence-electron chi connectivity index (χ0n) is 27.0. The summed E-state index contributed by atoms with van der Waals surface area (Å²) in [7, 11) is 0. The van der Waals surface area contributed by atoms with Crippen LogP contribution in [0.2, 0.25) is 0 Å². The van der Waals surface area contributed by atoms with Gasteiger partial charge in [0.25, 0.3) is 0 Å². The first-order valence-electron chi connectivity index (χ1n) is 16.9. The van der Waals surface area contributed by atoms with Gasteiger partial charge in [-0.3, -0.25) is 0 Å². The van der Waals surface area contributed by atoms with Crippen molar-refractivity contribution in [3.8, 4) is 0 Å². The second-order valence-corrected chi connectivity index (χ2v) is 14.6. The van der Waals surface area contributed by atoms with Crippen molar-refractivity contribution in [1.82, 2.24) is 0 Å². The average Bonchev–Trinajstić information content (AvgIpc) is 3.75. The molecule has 0 aliphatic carbocycles. The van der Waals surface area contributed by atoms with Crippen molar-refractivity contribution >= 4 is 108 Å². The van der Waals surface area contributed by atoms with Crippen molar-refractivity contribution in [3.63, 3.8) is 0 Å². The van der Waals surface area contributed by atoms with Crippen LogP contribution in [0.1, 0.15) is 0 Å². The minimum absolute atomic E-state index is 1.13. The molecule has 50 heavy (non-hydrogen) atoms. The van der Waals surface area contributed by atoms with Gasteiger partial charge in [0.1, 0.15) is 0 Å². The molecule has 10 aromatic rings. The van der Waals surface area contributed by atoms with Crippen molar-refractivity contribution in [1.29, 1.82) is 0 Å². The van der Waals surface area contributed by atoms with Crippen LogP contribution in [0.3, 0.4) is 0 Å². The Morgan fingerprint density at radius 2 is 0.800 bits per heavy atom. The molecule has 236 valence electrons. The number of thiophene rings is 2. The van der Waals surface area contributed by atoms with Crippen LogP contribution in [0, 0.1) is 0 Å². The van der Waals surface area contributed by atoms with Gasteiger partial charge in [-0.1, -0.05) is 109 Å². The summed E-state index contributed by atoms with van der Waals surface area (Å²) >= 11 is 3.76. The monoisotopic (exact) mass is 674 g/mol. The number of fused-ring (bicyclic) bond motifs is 8. The number of nitrogens with zero attached hydrogens (tertiary/aromatic N) is 2. The first kappa shape index (κ1) is 29.0. The molecule has 0 fully saturated rings. The van der Waals surface area contributed by atoms with Crippen LogP contribution >= 0.6 is 22.7 Å². The number of hydrogen-bond acceptors (Lipinski definition) is 4. The van der Waals surface area contributed by atoms with E-state index >= 15 is 0 Å². The molecule has 0 aliphatic heterocycles. The summed E-state index contributed by atoms with van der Waals surface area (Å²) < 4.78 is 5.21. The lowest BCUT2D eigenvalue weighted by molar-refractivity contribution is 1.30. The molecule has 0 radical (unpaired) electrons. The molecule has 2 nitrogen and oxygen atoms in total. The van der Waals surface area contributed by atoms with E-state index in [9.17, 15) is 0 Å². The first-order valence-corrected chi connectivity index (χ1v) is 18.5. The number of benzene rings is 8. The van der Waals surface area contributed by atoms with E-state index in [0.717, 1.165) is 22.7 Å². The zero-order chi connectivity index (χ0) is 33.0. The van der Waals surface area contributed by atoms with Crippen LogP contribution in [0.4, 0.5) is 34.1 Å². The highest BCUT2D eigenvalue weighted by molar-refractivity contribution is 7.27. The molecule has 0 saturated carbocycles. The highest BCUT2D eigenvalue weighted by Gasteiger charge is 2.22. The highest BCUT2D eigenvalue weighted by Crippen LogP contribution is 2.50. The molecular formula is C46H30N2S2. The molecule has 0 spiro atoms. The summed E-state index contributed by atoms with van der Waals surface area (Å²) in [6, 6.07) is 66.0. The van der Waals surface area contributed by atoms with Gasteiger partial charge in [0.2, 0.25) is 0 Å². The molecule has 10 rings (SSSR count). The fourth-order valence-corrected chi connectivity index (χ4v) is 9.79. The summed E-state index contributed by atoms with van der Waals surface area (Å²) in [6.45, 7) is 0. The molecule has 0 bridgehead atoms. The van der Waals surface area contributed by atoms with Crippen LogP contribution < -0.4 is 9.80 Å². The third-order valence-corrected chi connectivity index (χ3v) is 12.0. The van der Waals surface area contributed by atoms with Crippen LogP contribution in [-0.2, 0) is 0 Å². The minimum atomic E-state index is 1.13. The number of para-hydroxylation sites is 3. The van der Waals surface area contributed by atoms with E-state index in [0.29, 0.717) is 0 Å². The van der Waals surface area contributed by atoms with Gasteiger partial charge in [-0.25, -0.2) is 0 Å². The van der Waals surface area contributed by atoms with Gasteiger partial charge in [0.05, 0.1) is 16.1 Å². The van der Waals surface area contributed by atoms with Crippen LogP contribution in [0.25, 0.3) is 51.1 Å². The molecule has 0 atom stereocenters. The van der Waals surface area contributed by atoms with E-state index in [-0.39, 0.29) is 0 Å². The standard InChI is InChI=1S/C46H30N2S2/c1-4-15-31(16-5-1)47(32-17-6-2-7-18-32)42-30-40-38-24-14-25-41(46(38)50-45(40)37-23-11-10-21-35(37)42)48(33-19-8-3-9-20-33)34-27-28-44-39(29-34)36-22-12-13-26-43(36)49-44/h1-30H. The molecule has 0 N–H and O–H groups in total. The van der Waals surface area contributed by atoms with Crippen molar-refractivity contribution in [2.45, 2.75) is 0 Å². The predicted octanol–water partition coefficient (Wildman–Crippen LogP) is 14.5. The Morgan fingerprint density at radius 1 is 0.280 bits per heavy atom. The second kappa shape index (κ2) is 11.9. The lowest BCUT2D eigenvalue weighted by Crippen LogP contribution is -2.10. The summed E-state index contributed by atoms with van der Waals surface area (Å²) in [6.07, 6.45) is 0. The number of rotatable bonds is 6. The maximum atomic E-state index is 2.44. The maximum Gasteiger partial charge on any atom is 0.0640 e. The molecular weight excluding hydrogens is 645 g/mol. The lowest BCUT2D eigenvalue weighted by atomic mass is 10.0. The van der Waals surface area contributed by atoms with E-state index in [4.69, 9.17) is 0 Å². The van der Waals surface area contributed by atoms with Crippen molar-refractivity contribution in [2.75, 3.05) is 9.80 Å². The second-order valence-electron chi connectivity index (χ2n) is 12.5. The molecule has 8 aromatic carbocycles. The molecule has 0 unspecified atom stereocenters. The van der Waals surface area contributed by atoms with E-state index in [1.165, 1.54) is 62.5 Å². The van der Waals surface area contributed by atoms with Crippen LogP contribution in [0.5, 0.6) is 0 Å². The molecule has 2 heterocycles. The van der Waals surface area contributed by atoms with E-state index in [1.54, 1.807) is 0 Å². The van der Waals surface area contributed by atoms with E-state index in [1.807, 2.05) is 22.7 Å². The van der Waals surface area contributed by atoms with Gasteiger partial charge in [0.15, 0.2) is 0 Å². The Balaban J connectivity index is 1.24. The van der Waals surface area contributed by atoms with Gasteiger partial charge in [0, 0.05) is 69.2 Å². The Hall–Kier alpha value is -5.94. The summed E-state index contributed by atoms with van der Waals surface area (Å²) in [5, 5.41) is 7.63. The van der Waals surface area contributed by atoms with Crippen molar-refractivity contribution in [3.05, 3.63) is 182 Å². The zero-order valence-corrected chi connectivity index (χ0v) is 28.7. The molecule has 2 aromatic heterocycles. The fourth-order valence-electron chi connectivity index (χ4n) is 7.39.